The molecular weight excluding hydrogens is 727 g/mol. The predicted molar refractivity (Wildman–Crippen MR) is 243 cm³/mol. The first-order valence-electron chi connectivity index (χ1n) is 23.3. The van der Waals surface area contributed by atoms with Gasteiger partial charge >= 0.3 is 17.9 Å². The maximum atomic E-state index is 12.7. The average molecular weight is 815 g/mol. The van der Waals surface area contributed by atoms with Crippen LogP contribution in [-0.2, 0) is 28.6 Å². The predicted octanol–water partition coefficient (Wildman–Crippen LogP) is 13.0. The van der Waals surface area contributed by atoms with Crippen LogP contribution in [0.25, 0.3) is 0 Å². The molecule has 0 fully saturated rings. The standard InChI is InChI=1S/C50H87NO7/c1-6-8-10-12-14-16-18-20-21-22-23-24-25-26-27-28-29-31-32-34-36-38-40-48(52)57-45-46(44-56-43-42-47(50(54)55)51(3,4)5)58-49(53)41-39-37-35-33-30-19-17-15-13-11-9-7-2/h9,11,15,17,22-23,25-26,30,33,46-47H,6-8,10,12-14,16,18-21,24,27-29,31-32,34-45H2,1-5H3/p+1/b11-9+,17-15+,23-22+,26-25+,33-30+. The Morgan fingerprint density at radius 3 is 1.47 bits per heavy atom. The minimum atomic E-state index is -0.884. The molecule has 0 saturated carbocycles. The van der Waals surface area contributed by atoms with Crippen molar-refractivity contribution in [3.05, 3.63) is 60.8 Å². The lowest BCUT2D eigenvalue weighted by Gasteiger charge is -2.31. The quantitative estimate of drug-likeness (QED) is 0.0284. The Morgan fingerprint density at radius 2 is 0.966 bits per heavy atom. The molecule has 2 unspecified atom stereocenters. The minimum Gasteiger partial charge on any atom is -0.477 e. The van der Waals surface area contributed by atoms with Gasteiger partial charge in [0.25, 0.3) is 0 Å². The van der Waals surface area contributed by atoms with Crippen LogP contribution in [0.4, 0.5) is 0 Å². The zero-order valence-corrected chi connectivity index (χ0v) is 38.0. The zero-order chi connectivity index (χ0) is 42.8. The van der Waals surface area contributed by atoms with E-state index >= 15 is 0 Å². The number of allylic oxidation sites excluding steroid dienone is 10. The number of ether oxygens (including phenoxy) is 3. The van der Waals surface area contributed by atoms with E-state index in [2.05, 4.69) is 74.6 Å². The van der Waals surface area contributed by atoms with Gasteiger partial charge in [0.05, 0.1) is 34.4 Å². The highest BCUT2D eigenvalue weighted by atomic mass is 16.6. The number of carboxylic acid groups (broad SMARTS) is 1. The van der Waals surface area contributed by atoms with E-state index < -0.39 is 18.1 Å². The largest absolute Gasteiger partial charge is 0.477 e. The van der Waals surface area contributed by atoms with Crippen molar-refractivity contribution in [2.75, 3.05) is 41.0 Å². The molecule has 8 nitrogen and oxygen atoms in total. The Hall–Kier alpha value is -2.97. The maximum absolute atomic E-state index is 12.7. The Morgan fingerprint density at radius 1 is 0.534 bits per heavy atom. The Kier molecular flexibility index (Phi) is 38.7. The van der Waals surface area contributed by atoms with Crippen molar-refractivity contribution in [1.82, 2.24) is 0 Å². The lowest BCUT2D eigenvalue weighted by molar-refractivity contribution is -0.887. The van der Waals surface area contributed by atoms with Crippen molar-refractivity contribution in [1.29, 1.82) is 0 Å². The van der Waals surface area contributed by atoms with E-state index in [9.17, 15) is 19.5 Å². The topological polar surface area (TPSA) is 99.1 Å². The van der Waals surface area contributed by atoms with Gasteiger partial charge in [0, 0.05) is 19.3 Å². The van der Waals surface area contributed by atoms with Gasteiger partial charge in [0.2, 0.25) is 0 Å². The van der Waals surface area contributed by atoms with E-state index in [1.54, 1.807) is 0 Å². The molecule has 0 aromatic carbocycles. The third-order valence-corrected chi connectivity index (χ3v) is 10.2. The monoisotopic (exact) mass is 815 g/mol. The zero-order valence-electron chi connectivity index (χ0n) is 38.0. The van der Waals surface area contributed by atoms with Crippen LogP contribution < -0.4 is 0 Å². The van der Waals surface area contributed by atoms with Crippen LogP contribution in [0.2, 0.25) is 0 Å². The summed E-state index contributed by atoms with van der Waals surface area (Å²) in [5.74, 6) is -1.53. The average Bonchev–Trinajstić information content (AvgIpc) is 3.18. The second kappa shape index (κ2) is 40.8. The molecule has 0 aromatic heterocycles. The Bertz CT molecular complexity index is 1130. The van der Waals surface area contributed by atoms with Crippen LogP contribution in [0.5, 0.6) is 0 Å². The summed E-state index contributed by atoms with van der Waals surface area (Å²) in [7, 11) is 5.50. The lowest BCUT2D eigenvalue weighted by Crippen LogP contribution is -2.50. The Labute approximate surface area is 356 Å². The molecule has 0 aliphatic heterocycles. The molecule has 0 heterocycles. The minimum absolute atomic E-state index is 0.0409. The summed E-state index contributed by atoms with van der Waals surface area (Å²) in [6.07, 6.45) is 49.9. The van der Waals surface area contributed by atoms with Crippen molar-refractivity contribution in [2.45, 2.75) is 199 Å². The summed E-state index contributed by atoms with van der Waals surface area (Å²) in [6.45, 7) is 4.56. The normalized spacial score (nSPS) is 13.5. The van der Waals surface area contributed by atoms with Gasteiger partial charge in [-0.25, -0.2) is 4.79 Å². The van der Waals surface area contributed by atoms with Crippen molar-refractivity contribution in [3.8, 4) is 0 Å². The number of unbranched alkanes of at least 4 members (excludes halogenated alkanes) is 17. The molecule has 334 valence electrons. The summed E-state index contributed by atoms with van der Waals surface area (Å²) in [4.78, 5) is 37.0. The van der Waals surface area contributed by atoms with Crippen LogP contribution >= 0.6 is 0 Å². The van der Waals surface area contributed by atoms with E-state index in [1.165, 1.54) is 83.5 Å². The van der Waals surface area contributed by atoms with Crippen LogP contribution in [0, 0.1) is 0 Å². The number of esters is 2. The van der Waals surface area contributed by atoms with Gasteiger partial charge < -0.3 is 23.8 Å². The molecular formula is C50H88NO7+. The fourth-order valence-corrected chi connectivity index (χ4v) is 6.55. The maximum Gasteiger partial charge on any atom is 0.362 e. The smallest absolute Gasteiger partial charge is 0.362 e. The van der Waals surface area contributed by atoms with Gasteiger partial charge in [-0.1, -0.05) is 152 Å². The van der Waals surface area contributed by atoms with Gasteiger partial charge in [0.1, 0.15) is 6.61 Å². The summed E-state index contributed by atoms with van der Waals surface area (Å²) in [5, 5.41) is 9.62. The van der Waals surface area contributed by atoms with Gasteiger partial charge in [-0.3, -0.25) is 9.59 Å². The Balaban J connectivity index is 4.29. The van der Waals surface area contributed by atoms with Crippen molar-refractivity contribution < 1.29 is 38.2 Å². The number of hydrogen-bond donors (Lipinski definition) is 1. The third-order valence-electron chi connectivity index (χ3n) is 10.2. The molecule has 0 spiro atoms. The van der Waals surface area contributed by atoms with Gasteiger partial charge in [0.15, 0.2) is 12.1 Å². The van der Waals surface area contributed by atoms with E-state index in [1.807, 2.05) is 21.1 Å². The SMILES string of the molecule is CC/C=C/C/C=C/C/C=C/CCCCC(=O)OC(COCCC(C(=O)O)[N+](C)(C)C)COC(=O)CCCCCCCCC/C=C/C/C=C/CCCCCCCCCC. The van der Waals surface area contributed by atoms with Gasteiger partial charge in [-0.2, -0.15) is 0 Å². The van der Waals surface area contributed by atoms with E-state index in [-0.39, 0.29) is 42.7 Å². The highest BCUT2D eigenvalue weighted by Crippen LogP contribution is 2.13. The van der Waals surface area contributed by atoms with Crippen LogP contribution in [0.1, 0.15) is 187 Å². The number of carbonyl (C=O) groups excluding carboxylic acids is 2. The molecule has 0 amide bonds. The lowest BCUT2D eigenvalue weighted by atomic mass is 10.1. The molecule has 1 N–H and O–H groups in total. The molecule has 8 heteroatoms. The van der Waals surface area contributed by atoms with E-state index in [0.717, 1.165) is 64.2 Å². The summed E-state index contributed by atoms with van der Waals surface area (Å²) < 4.78 is 17.2. The van der Waals surface area contributed by atoms with Gasteiger partial charge in [-0.05, 0) is 77.0 Å². The fourth-order valence-electron chi connectivity index (χ4n) is 6.55. The number of carbonyl (C=O) groups is 3. The molecule has 0 rings (SSSR count). The van der Waals surface area contributed by atoms with Crippen LogP contribution in [0.3, 0.4) is 0 Å². The second-order valence-electron chi connectivity index (χ2n) is 16.6. The summed E-state index contributed by atoms with van der Waals surface area (Å²) in [5.41, 5.74) is 0. The molecule has 0 aliphatic carbocycles. The number of quaternary nitrogens is 1. The van der Waals surface area contributed by atoms with Crippen molar-refractivity contribution >= 4 is 17.9 Å². The highest BCUT2D eigenvalue weighted by Gasteiger charge is 2.31. The number of rotatable bonds is 41. The molecule has 2 atom stereocenters. The number of nitrogens with zero attached hydrogens (tertiary/aromatic N) is 1. The molecule has 0 saturated heterocycles. The van der Waals surface area contributed by atoms with Crippen LogP contribution in [-0.4, -0.2) is 80.6 Å². The third kappa shape index (κ3) is 38.5. The first kappa shape index (κ1) is 55.0. The fraction of sp³-hybridized carbons (Fsp3) is 0.740. The van der Waals surface area contributed by atoms with Gasteiger partial charge in [-0.15, -0.1) is 0 Å². The number of carboxylic acids is 1. The van der Waals surface area contributed by atoms with Crippen LogP contribution in [0.15, 0.2) is 60.8 Å². The van der Waals surface area contributed by atoms with E-state index in [0.29, 0.717) is 19.3 Å². The highest BCUT2D eigenvalue weighted by molar-refractivity contribution is 5.72. The number of likely N-dealkylation sites (N-methyl/N-ethyl adjacent to an activating group) is 1. The first-order chi connectivity index (χ1) is 28.1. The summed E-state index contributed by atoms with van der Waals surface area (Å²) >= 11 is 0. The van der Waals surface area contributed by atoms with Crippen molar-refractivity contribution in [3.63, 3.8) is 0 Å². The molecule has 0 bridgehead atoms. The first-order valence-corrected chi connectivity index (χ1v) is 23.3. The number of hydrogen-bond acceptors (Lipinski definition) is 6. The number of aliphatic carboxylic acids is 1. The van der Waals surface area contributed by atoms with E-state index in [4.69, 9.17) is 14.2 Å². The molecule has 0 radical (unpaired) electrons. The molecule has 0 aromatic rings. The second-order valence-corrected chi connectivity index (χ2v) is 16.6. The van der Waals surface area contributed by atoms with Crippen molar-refractivity contribution in [2.24, 2.45) is 0 Å². The molecule has 0 aliphatic rings. The summed E-state index contributed by atoms with van der Waals surface area (Å²) in [6, 6.07) is -0.624. The molecule has 58 heavy (non-hydrogen) atoms.